The van der Waals surface area contributed by atoms with Crippen LogP contribution in [0.25, 0.3) is 10.8 Å². The maximum atomic E-state index is 12.5. The normalized spacial score (nSPS) is 11.3. The minimum absolute atomic E-state index is 0.0663. The first-order valence-electron chi connectivity index (χ1n) is 7.05. The number of carbonyl (C=O) groups excluding carboxylic acids is 1. The van der Waals surface area contributed by atoms with Gasteiger partial charge in [-0.2, -0.15) is 13.5 Å². The molecule has 3 rings (SSSR count). The fraction of sp³-hybridized carbons (Fsp3) is 0. The fourth-order valence-electron chi connectivity index (χ4n) is 2.23. The zero-order valence-electron chi connectivity index (χ0n) is 12.5. The minimum atomic E-state index is -4.22. The highest BCUT2D eigenvalue weighted by atomic mass is 32.2. The molecule has 0 aliphatic heterocycles. The third-order valence-electron chi connectivity index (χ3n) is 3.37. The number of nitrogens with zero attached hydrogens (tertiary/aromatic N) is 1. The Morgan fingerprint density at radius 1 is 0.875 bits per heavy atom. The first kappa shape index (κ1) is 16.0. The van der Waals surface area contributed by atoms with Crippen molar-refractivity contribution >= 4 is 32.6 Å². The Morgan fingerprint density at radius 3 is 2.17 bits per heavy atom. The van der Waals surface area contributed by atoms with E-state index in [9.17, 15) is 13.2 Å². The maximum Gasteiger partial charge on any atom is 0.344 e. The Bertz CT molecular complexity index is 988. The Kier molecular flexibility index (Phi) is 4.20. The lowest BCUT2D eigenvalue weighted by atomic mass is 10.1. The molecular formula is C17H14N2O4S. The molecule has 0 spiro atoms. The zero-order valence-corrected chi connectivity index (χ0v) is 13.3. The second-order valence-corrected chi connectivity index (χ2v) is 6.53. The number of hydrogen-bond donors (Lipinski definition) is 1. The lowest BCUT2D eigenvalue weighted by Gasteiger charge is -2.18. The van der Waals surface area contributed by atoms with E-state index in [1.165, 1.54) is 24.3 Å². The van der Waals surface area contributed by atoms with Crippen molar-refractivity contribution in [3.8, 4) is 0 Å². The van der Waals surface area contributed by atoms with E-state index in [0.29, 0.717) is 5.06 Å². The van der Waals surface area contributed by atoms with Gasteiger partial charge in [0.15, 0.2) is 0 Å². The lowest BCUT2D eigenvalue weighted by Crippen LogP contribution is -2.37. The first-order valence-corrected chi connectivity index (χ1v) is 8.46. The van der Waals surface area contributed by atoms with Gasteiger partial charge in [-0.15, -0.1) is 4.28 Å². The van der Waals surface area contributed by atoms with E-state index < -0.39 is 16.1 Å². The van der Waals surface area contributed by atoms with Crippen LogP contribution >= 0.6 is 0 Å². The second-order valence-electron chi connectivity index (χ2n) is 5.01. The molecule has 3 aromatic rings. The molecule has 122 valence electrons. The smallest absolute Gasteiger partial charge is 0.344 e. The van der Waals surface area contributed by atoms with Crippen molar-refractivity contribution in [1.82, 2.24) is 0 Å². The van der Waals surface area contributed by atoms with E-state index in [-0.39, 0.29) is 10.6 Å². The highest BCUT2D eigenvalue weighted by molar-refractivity contribution is 7.86. The summed E-state index contributed by atoms with van der Waals surface area (Å²) in [4.78, 5) is 11.5. The number of fused-ring (bicyclic) bond motifs is 1. The Balaban J connectivity index is 1.97. The maximum absolute atomic E-state index is 12.5. The number of primary amides is 1. The van der Waals surface area contributed by atoms with Crippen molar-refractivity contribution in [3.05, 3.63) is 72.8 Å². The number of rotatable bonds is 4. The van der Waals surface area contributed by atoms with Crippen molar-refractivity contribution in [2.24, 2.45) is 5.73 Å². The number of carbonyl (C=O) groups is 1. The summed E-state index contributed by atoms with van der Waals surface area (Å²) in [5, 5.41) is 2.18. The third-order valence-corrected chi connectivity index (χ3v) is 4.55. The number of anilines is 1. The van der Waals surface area contributed by atoms with E-state index in [4.69, 9.17) is 10.0 Å². The minimum Gasteiger partial charge on any atom is -0.349 e. The Morgan fingerprint density at radius 2 is 1.50 bits per heavy atom. The number of amides is 2. The van der Waals surface area contributed by atoms with E-state index in [1.807, 2.05) is 12.1 Å². The molecule has 2 N–H and O–H groups in total. The second kappa shape index (κ2) is 6.31. The van der Waals surface area contributed by atoms with E-state index in [0.717, 1.165) is 10.8 Å². The van der Waals surface area contributed by atoms with Gasteiger partial charge in [-0.1, -0.05) is 48.5 Å². The summed E-state index contributed by atoms with van der Waals surface area (Å²) < 4.78 is 29.9. The van der Waals surface area contributed by atoms with Gasteiger partial charge in [0.05, 0.1) is 10.6 Å². The van der Waals surface area contributed by atoms with Gasteiger partial charge in [-0.25, -0.2) is 4.79 Å². The van der Waals surface area contributed by atoms with Crippen molar-refractivity contribution < 1.29 is 17.5 Å². The Hall–Kier alpha value is -2.90. The van der Waals surface area contributed by atoms with Crippen molar-refractivity contribution in [2.75, 3.05) is 5.06 Å². The molecule has 0 radical (unpaired) electrons. The molecule has 2 amide bonds. The molecule has 0 atom stereocenters. The van der Waals surface area contributed by atoms with Crippen molar-refractivity contribution in [1.29, 1.82) is 0 Å². The third kappa shape index (κ3) is 3.22. The summed E-state index contributed by atoms with van der Waals surface area (Å²) in [5.74, 6) is 0. The number of hydroxylamine groups is 1. The topological polar surface area (TPSA) is 89.7 Å². The van der Waals surface area contributed by atoms with E-state index >= 15 is 0 Å². The van der Waals surface area contributed by atoms with Gasteiger partial charge < -0.3 is 5.73 Å². The first-order chi connectivity index (χ1) is 11.5. The lowest BCUT2D eigenvalue weighted by molar-refractivity contribution is 0.223. The van der Waals surface area contributed by atoms with Gasteiger partial charge in [0.25, 0.3) is 0 Å². The van der Waals surface area contributed by atoms with Crippen LogP contribution in [0.3, 0.4) is 0 Å². The molecule has 0 aliphatic carbocycles. The summed E-state index contributed by atoms with van der Waals surface area (Å²) in [7, 11) is -4.22. The van der Waals surface area contributed by atoms with Crippen molar-refractivity contribution in [2.45, 2.75) is 4.90 Å². The highest BCUT2D eigenvalue weighted by Gasteiger charge is 2.24. The molecule has 7 heteroatoms. The average molecular weight is 342 g/mol. The number of nitrogens with two attached hydrogens (primary N) is 1. The molecule has 0 saturated heterocycles. The summed E-state index contributed by atoms with van der Waals surface area (Å²) in [6.07, 6.45) is 0. The molecule has 0 bridgehead atoms. The van der Waals surface area contributed by atoms with Gasteiger partial charge >= 0.3 is 16.1 Å². The van der Waals surface area contributed by atoms with Crippen LogP contribution in [0.5, 0.6) is 0 Å². The summed E-state index contributed by atoms with van der Waals surface area (Å²) in [6.45, 7) is 0. The molecule has 0 unspecified atom stereocenters. The Labute approximate surface area is 139 Å². The fourth-order valence-corrected chi connectivity index (χ4v) is 3.18. The molecule has 24 heavy (non-hydrogen) atoms. The van der Waals surface area contributed by atoms with Gasteiger partial charge in [-0.3, -0.25) is 0 Å². The van der Waals surface area contributed by atoms with Gasteiger partial charge in [0.2, 0.25) is 0 Å². The van der Waals surface area contributed by atoms with Crippen LogP contribution in [0.1, 0.15) is 0 Å². The monoisotopic (exact) mass is 342 g/mol. The molecule has 3 aromatic carbocycles. The number of benzene rings is 3. The summed E-state index contributed by atoms with van der Waals surface area (Å²) in [5.41, 5.74) is 5.46. The van der Waals surface area contributed by atoms with Crippen LogP contribution in [0.2, 0.25) is 0 Å². The predicted molar refractivity (Wildman–Crippen MR) is 90.7 cm³/mol. The molecule has 6 nitrogen and oxygen atoms in total. The largest absolute Gasteiger partial charge is 0.349 e. The van der Waals surface area contributed by atoms with Gasteiger partial charge in [0.1, 0.15) is 0 Å². The molecule has 0 heterocycles. The molecule has 0 fully saturated rings. The van der Waals surface area contributed by atoms with Gasteiger partial charge in [0, 0.05) is 0 Å². The van der Waals surface area contributed by atoms with Gasteiger partial charge in [-0.05, 0) is 35.0 Å². The van der Waals surface area contributed by atoms with Crippen LogP contribution < -0.4 is 10.8 Å². The van der Waals surface area contributed by atoms with Crippen LogP contribution in [-0.4, -0.2) is 14.4 Å². The standard InChI is InChI=1S/C17H14N2O4S/c18-17(20)19(15-8-2-1-3-9-15)23-24(21,22)16-11-10-13-6-4-5-7-14(13)12-16/h1-12H,(H2,18,20). The number of para-hydroxylation sites is 1. The molecule has 0 saturated carbocycles. The average Bonchev–Trinajstić information content (AvgIpc) is 2.60. The predicted octanol–water partition coefficient (Wildman–Crippen LogP) is 3.05. The zero-order chi connectivity index (χ0) is 17.2. The van der Waals surface area contributed by atoms with Crippen LogP contribution in [0.15, 0.2) is 77.7 Å². The van der Waals surface area contributed by atoms with Crippen LogP contribution in [0.4, 0.5) is 10.5 Å². The summed E-state index contributed by atoms with van der Waals surface area (Å²) >= 11 is 0. The quantitative estimate of drug-likeness (QED) is 0.738. The SMILES string of the molecule is NC(=O)N(OS(=O)(=O)c1ccc2ccccc2c1)c1ccccc1. The molecule has 0 aliphatic rings. The van der Waals surface area contributed by atoms with Crippen LogP contribution in [0, 0.1) is 0 Å². The number of hydrogen-bond acceptors (Lipinski definition) is 4. The van der Waals surface area contributed by atoms with E-state index in [2.05, 4.69) is 0 Å². The number of urea groups is 1. The molecular weight excluding hydrogens is 328 g/mol. The summed E-state index contributed by atoms with van der Waals surface area (Å²) in [6, 6.07) is 18.9. The van der Waals surface area contributed by atoms with E-state index in [1.54, 1.807) is 36.4 Å². The van der Waals surface area contributed by atoms with Crippen LogP contribution in [-0.2, 0) is 14.4 Å². The molecule has 0 aromatic heterocycles. The highest BCUT2D eigenvalue weighted by Crippen LogP contribution is 2.23. The van der Waals surface area contributed by atoms with Crippen molar-refractivity contribution in [3.63, 3.8) is 0 Å².